The second kappa shape index (κ2) is 7.72. The van der Waals surface area contributed by atoms with Gasteiger partial charge in [-0.15, -0.1) is 10.2 Å². The van der Waals surface area contributed by atoms with Gasteiger partial charge in [-0.2, -0.15) is 0 Å². The van der Waals surface area contributed by atoms with E-state index >= 15 is 0 Å². The quantitative estimate of drug-likeness (QED) is 0.817. The minimum Gasteiger partial charge on any atom is -0.376 e. The molecule has 2 heterocycles. The maximum absolute atomic E-state index is 12.3. The predicted molar refractivity (Wildman–Crippen MR) is 96.3 cm³/mol. The van der Waals surface area contributed by atoms with Gasteiger partial charge in [0, 0.05) is 17.6 Å². The van der Waals surface area contributed by atoms with Gasteiger partial charge in [-0.25, -0.2) is 0 Å². The number of carbonyl (C=O) groups is 1. The van der Waals surface area contributed by atoms with Crippen molar-refractivity contribution >= 4 is 33.3 Å². The number of nitrogens with zero attached hydrogens (tertiary/aromatic N) is 2. The van der Waals surface area contributed by atoms with Gasteiger partial charge in [0.2, 0.25) is 0 Å². The van der Waals surface area contributed by atoms with E-state index in [2.05, 4.69) is 36.8 Å². The fourth-order valence-electron chi connectivity index (χ4n) is 2.48. The molecule has 1 unspecified atom stereocenters. The van der Waals surface area contributed by atoms with Crippen LogP contribution in [0.25, 0.3) is 0 Å². The van der Waals surface area contributed by atoms with E-state index in [9.17, 15) is 4.79 Å². The van der Waals surface area contributed by atoms with Crippen LogP contribution < -0.4 is 10.6 Å². The van der Waals surface area contributed by atoms with E-state index < -0.39 is 0 Å². The largest absolute Gasteiger partial charge is 0.376 e. The third-order valence-corrected chi connectivity index (χ3v) is 4.46. The number of hydrogen-bond acceptors (Lipinski definition) is 5. The number of nitrogens with one attached hydrogen (secondary N) is 2. The van der Waals surface area contributed by atoms with Crippen LogP contribution in [-0.2, 0) is 4.74 Å². The van der Waals surface area contributed by atoms with Crippen molar-refractivity contribution in [2.45, 2.75) is 25.9 Å². The lowest BCUT2D eigenvalue weighted by atomic mass is 10.2. The first-order chi connectivity index (χ1) is 11.6. The maximum atomic E-state index is 12.3. The van der Waals surface area contributed by atoms with Crippen LogP contribution in [0.1, 0.15) is 28.9 Å². The van der Waals surface area contributed by atoms with E-state index in [1.807, 2.05) is 25.1 Å². The Labute approximate surface area is 149 Å². The Bertz CT molecular complexity index is 715. The number of aryl methyl sites for hydroxylation is 1. The van der Waals surface area contributed by atoms with E-state index in [-0.39, 0.29) is 17.7 Å². The SMILES string of the molecule is Cc1ccc(NC(=O)c2ccc(NCC3CCCO3)nn2)c(Br)c1. The molecule has 3 rings (SSSR count). The van der Waals surface area contributed by atoms with Crippen LogP contribution in [0.15, 0.2) is 34.8 Å². The number of amides is 1. The molecular weight excluding hydrogens is 372 g/mol. The number of rotatable bonds is 5. The molecule has 0 spiro atoms. The average Bonchev–Trinajstić information content (AvgIpc) is 3.09. The van der Waals surface area contributed by atoms with Crippen molar-refractivity contribution < 1.29 is 9.53 Å². The molecule has 1 aliphatic heterocycles. The van der Waals surface area contributed by atoms with Gasteiger partial charge < -0.3 is 15.4 Å². The Kier molecular flexibility index (Phi) is 5.42. The van der Waals surface area contributed by atoms with Gasteiger partial charge in [-0.3, -0.25) is 4.79 Å². The zero-order valence-electron chi connectivity index (χ0n) is 13.4. The lowest BCUT2D eigenvalue weighted by Gasteiger charge is -2.11. The Morgan fingerprint density at radius 3 is 2.88 bits per heavy atom. The van der Waals surface area contributed by atoms with Gasteiger partial charge >= 0.3 is 0 Å². The Morgan fingerprint density at radius 2 is 2.21 bits per heavy atom. The number of hydrogen-bond donors (Lipinski definition) is 2. The molecule has 1 saturated heterocycles. The molecule has 1 aliphatic rings. The molecule has 1 aromatic carbocycles. The van der Waals surface area contributed by atoms with Crippen LogP contribution in [0.3, 0.4) is 0 Å². The van der Waals surface area contributed by atoms with Gasteiger partial charge in [0.1, 0.15) is 5.82 Å². The number of halogens is 1. The Balaban J connectivity index is 1.58. The maximum Gasteiger partial charge on any atom is 0.276 e. The van der Waals surface area contributed by atoms with E-state index in [4.69, 9.17) is 4.74 Å². The summed E-state index contributed by atoms with van der Waals surface area (Å²) in [7, 11) is 0. The molecule has 6 nitrogen and oxygen atoms in total. The summed E-state index contributed by atoms with van der Waals surface area (Å²) in [6, 6.07) is 9.13. The van der Waals surface area contributed by atoms with Crippen LogP contribution in [-0.4, -0.2) is 35.4 Å². The first-order valence-corrected chi connectivity index (χ1v) is 8.68. The summed E-state index contributed by atoms with van der Waals surface area (Å²) in [5, 5.41) is 14.0. The standard InChI is InChI=1S/C17H19BrN4O2/c1-11-4-5-14(13(18)9-11)20-17(23)15-6-7-16(22-21-15)19-10-12-3-2-8-24-12/h4-7,9,12H,2-3,8,10H2,1H3,(H,19,22)(H,20,23). The third-order valence-electron chi connectivity index (χ3n) is 3.80. The highest BCUT2D eigenvalue weighted by atomic mass is 79.9. The first-order valence-electron chi connectivity index (χ1n) is 7.88. The van der Waals surface area contributed by atoms with Gasteiger partial charge in [0.15, 0.2) is 5.69 Å². The second-order valence-electron chi connectivity index (χ2n) is 5.76. The fourth-order valence-corrected chi connectivity index (χ4v) is 3.07. The van der Waals surface area contributed by atoms with E-state index in [0.29, 0.717) is 18.1 Å². The molecule has 1 amide bonds. The van der Waals surface area contributed by atoms with Crippen LogP contribution in [0.4, 0.5) is 11.5 Å². The molecule has 1 atom stereocenters. The molecule has 0 saturated carbocycles. The van der Waals surface area contributed by atoms with Gasteiger partial charge in [0.05, 0.1) is 11.8 Å². The first kappa shape index (κ1) is 16.9. The summed E-state index contributed by atoms with van der Waals surface area (Å²) >= 11 is 3.44. The predicted octanol–water partition coefficient (Wildman–Crippen LogP) is 3.39. The molecule has 0 aliphatic carbocycles. The zero-order valence-corrected chi connectivity index (χ0v) is 15.0. The van der Waals surface area contributed by atoms with Crippen molar-refractivity contribution in [2.24, 2.45) is 0 Å². The normalized spacial score (nSPS) is 16.8. The van der Waals surface area contributed by atoms with Crippen LogP contribution >= 0.6 is 15.9 Å². The van der Waals surface area contributed by atoms with E-state index in [1.54, 1.807) is 12.1 Å². The van der Waals surface area contributed by atoms with Crippen molar-refractivity contribution in [3.05, 3.63) is 46.1 Å². The molecule has 2 N–H and O–H groups in total. The Morgan fingerprint density at radius 1 is 1.33 bits per heavy atom. The molecule has 2 aromatic rings. The summed E-state index contributed by atoms with van der Waals surface area (Å²) < 4.78 is 6.38. The fraction of sp³-hybridized carbons (Fsp3) is 0.353. The number of carbonyl (C=O) groups excluding carboxylic acids is 1. The molecule has 126 valence electrons. The van der Waals surface area contributed by atoms with Crippen molar-refractivity contribution in [1.82, 2.24) is 10.2 Å². The van der Waals surface area contributed by atoms with Crippen molar-refractivity contribution in [2.75, 3.05) is 23.8 Å². The highest BCUT2D eigenvalue weighted by Gasteiger charge is 2.15. The number of ether oxygens (including phenoxy) is 1. The van der Waals surface area contributed by atoms with Gasteiger partial charge in [0.25, 0.3) is 5.91 Å². The van der Waals surface area contributed by atoms with E-state index in [1.165, 1.54) is 0 Å². The highest BCUT2D eigenvalue weighted by molar-refractivity contribution is 9.10. The summed E-state index contributed by atoms with van der Waals surface area (Å²) in [6.45, 7) is 3.52. The molecule has 1 aromatic heterocycles. The lowest BCUT2D eigenvalue weighted by Crippen LogP contribution is -2.20. The van der Waals surface area contributed by atoms with Crippen LogP contribution in [0, 0.1) is 6.92 Å². The molecular formula is C17H19BrN4O2. The van der Waals surface area contributed by atoms with E-state index in [0.717, 1.165) is 29.5 Å². The minimum atomic E-state index is -0.294. The average molecular weight is 391 g/mol. The van der Waals surface area contributed by atoms with Gasteiger partial charge in [-0.05, 0) is 65.5 Å². The van der Waals surface area contributed by atoms with Crippen molar-refractivity contribution in [1.29, 1.82) is 0 Å². The minimum absolute atomic E-state index is 0.230. The second-order valence-corrected chi connectivity index (χ2v) is 6.61. The smallest absolute Gasteiger partial charge is 0.276 e. The molecule has 1 fully saturated rings. The highest BCUT2D eigenvalue weighted by Crippen LogP contribution is 2.23. The monoisotopic (exact) mass is 390 g/mol. The molecule has 0 radical (unpaired) electrons. The van der Waals surface area contributed by atoms with Crippen LogP contribution in [0.2, 0.25) is 0 Å². The summed E-state index contributed by atoms with van der Waals surface area (Å²) in [5.74, 6) is 0.344. The van der Waals surface area contributed by atoms with Crippen LogP contribution in [0.5, 0.6) is 0 Å². The zero-order chi connectivity index (χ0) is 16.9. The molecule has 24 heavy (non-hydrogen) atoms. The molecule has 7 heteroatoms. The number of anilines is 2. The number of benzene rings is 1. The third kappa shape index (κ3) is 4.30. The topological polar surface area (TPSA) is 76.1 Å². The number of aromatic nitrogens is 2. The summed E-state index contributed by atoms with van der Waals surface area (Å²) in [5.41, 5.74) is 2.08. The van der Waals surface area contributed by atoms with Crippen molar-refractivity contribution in [3.63, 3.8) is 0 Å². The summed E-state index contributed by atoms with van der Waals surface area (Å²) in [6.07, 6.45) is 2.39. The van der Waals surface area contributed by atoms with Crippen molar-refractivity contribution in [3.8, 4) is 0 Å². The lowest BCUT2D eigenvalue weighted by molar-refractivity contribution is 0.102. The Hall–Kier alpha value is -1.99. The van der Waals surface area contributed by atoms with Gasteiger partial charge in [-0.1, -0.05) is 6.07 Å². The summed E-state index contributed by atoms with van der Waals surface area (Å²) in [4.78, 5) is 12.3. The molecule has 0 bridgehead atoms.